The Kier molecular flexibility index (Phi) is 4.09. The lowest BCUT2D eigenvalue weighted by atomic mass is 10.0. The topological polar surface area (TPSA) is 75.5 Å². The van der Waals surface area contributed by atoms with Crippen molar-refractivity contribution in [1.82, 2.24) is 9.97 Å². The van der Waals surface area contributed by atoms with Crippen LogP contribution in [-0.4, -0.2) is 40.7 Å². The van der Waals surface area contributed by atoms with Crippen molar-refractivity contribution in [2.45, 2.75) is 31.9 Å². The summed E-state index contributed by atoms with van der Waals surface area (Å²) < 4.78 is 5.02. The maximum absolute atomic E-state index is 11.2. The number of hydrogen-bond donors (Lipinski definition) is 1. The number of aliphatic carboxylic acids is 1. The maximum atomic E-state index is 11.2. The monoisotopic (exact) mass is 251 g/mol. The van der Waals surface area contributed by atoms with E-state index in [1.807, 2.05) is 4.90 Å². The van der Waals surface area contributed by atoms with Crippen molar-refractivity contribution in [3.05, 3.63) is 18.1 Å². The molecule has 1 fully saturated rings. The van der Waals surface area contributed by atoms with Crippen LogP contribution in [0.1, 0.15) is 25.0 Å². The van der Waals surface area contributed by atoms with E-state index >= 15 is 0 Å². The molecule has 0 amide bonds. The molecular weight excluding hydrogens is 234 g/mol. The summed E-state index contributed by atoms with van der Waals surface area (Å²) in [5.41, 5.74) is 0.761. The molecule has 1 saturated heterocycles. The lowest BCUT2D eigenvalue weighted by Gasteiger charge is -2.33. The van der Waals surface area contributed by atoms with Crippen molar-refractivity contribution < 1.29 is 14.6 Å². The van der Waals surface area contributed by atoms with Gasteiger partial charge in [-0.25, -0.2) is 14.8 Å². The second kappa shape index (κ2) is 5.77. The third-order valence-corrected chi connectivity index (χ3v) is 3.08. The Morgan fingerprint density at radius 2 is 2.39 bits per heavy atom. The number of carboxylic acids is 1. The van der Waals surface area contributed by atoms with Crippen LogP contribution < -0.4 is 4.90 Å². The number of methoxy groups -OCH3 is 1. The molecule has 0 aliphatic carbocycles. The van der Waals surface area contributed by atoms with E-state index in [0.29, 0.717) is 18.8 Å². The van der Waals surface area contributed by atoms with E-state index in [4.69, 9.17) is 4.74 Å². The van der Waals surface area contributed by atoms with Gasteiger partial charge in [-0.3, -0.25) is 0 Å². The summed E-state index contributed by atoms with van der Waals surface area (Å²) in [6.07, 6.45) is 4.06. The van der Waals surface area contributed by atoms with Gasteiger partial charge in [0.15, 0.2) is 0 Å². The van der Waals surface area contributed by atoms with Gasteiger partial charge in [0.1, 0.15) is 18.2 Å². The van der Waals surface area contributed by atoms with Gasteiger partial charge in [0.05, 0.1) is 12.3 Å². The molecule has 1 aliphatic heterocycles. The number of ether oxygens (including phenoxy) is 1. The molecule has 0 aromatic carbocycles. The average molecular weight is 251 g/mol. The zero-order valence-corrected chi connectivity index (χ0v) is 10.4. The third-order valence-electron chi connectivity index (χ3n) is 3.08. The van der Waals surface area contributed by atoms with Gasteiger partial charge in [0, 0.05) is 19.7 Å². The minimum Gasteiger partial charge on any atom is -0.480 e. The Morgan fingerprint density at radius 1 is 1.56 bits per heavy atom. The average Bonchev–Trinajstić information content (AvgIpc) is 2.39. The van der Waals surface area contributed by atoms with Crippen molar-refractivity contribution in [2.75, 3.05) is 18.6 Å². The maximum Gasteiger partial charge on any atom is 0.326 e. The first kappa shape index (κ1) is 12.8. The van der Waals surface area contributed by atoms with Crippen molar-refractivity contribution >= 4 is 11.8 Å². The summed E-state index contributed by atoms with van der Waals surface area (Å²) in [6, 6.07) is 1.31. The summed E-state index contributed by atoms with van der Waals surface area (Å²) in [4.78, 5) is 21.3. The summed E-state index contributed by atoms with van der Waals surface area (Å²) in [5.74, 6) is -0.120. The summed E-state index contributed by atoms with van der Waals surface area (Å²) in [7, 11) is 1.60. The fraction of sp³-hybridized carbons (Fsp3) is 0.583. The summed E-state index contributed by atoms with van der Waals surface area (Å²) in [5, 5.41) is 9.23. The highest BCUT2D eigenvalue weighted by atomic mass is 16.5. The van der Waals surface area contributed by atoms with E-state index in [1.165, 1.54) is 6.33 Å². The fourth-order valence-corrected chi connectivity index (χ4v) is 2.23. The first-order valence-electron chi connectivity index (χ1n) is 6.01. The quantitative estimate of drug-likeness (QED) is 0.862. The second-order valence-corrected chi connectivity index (χ2v) is 4.34. The van der Waals surface area contributed by atoms with Gasteiger partial charge in [0.2, 0.25) is 0 Å². The van der Waals surface area contributed by atoms with Crippen molar-refractivity contribution in [2.24, 2.45) is 0 Å². The summed E-state index contributed by atoms with van der Waals surface area (Å²) in [6.45, 7) is 1.13. The van der Waals surface area contributed by atoms with E-state index < -0.39 is 12.0 Å². The molecule has 1 aliphatic rings. The first-order chi connectivity index (χ1) is 8.72. The zero-order valence-electron chi connectivity index (χ0n) is 10.4. The molecule has 0 saturated carbocycles. The Morgan fingerprint density at radius 3 is 3.11 bits per heavy atom. The van der Waals surface area contributed by atoms with Crippen molar-refractivity contribution in [3.8, 4) is 0 Å². The lowest BCUT2D eigenvalue weighted by Crippen LogP contribution is -2.45. The minimum absolute atomic E-state index is 0.404. The van der Waals surface area contributed by atoms with Gasteiger partial charge in [-0.2, -0.15) is 0 Å². The van der Waals surface area contributed by atoms with Crippen LogP contribution >= 0.6 is 0 Å². The first-order valence-corrected chi connectivity index (χ1v) is 6.01. The van der Waals surface area contributed by atoms with Crippen LogP contribution in [0.2, 0.25) is 0 Å². The Balaban J connectivity index is 2.22. The summed E-state index contributed by atoms with van der Waals surface area (Å²) >= 11 is 0. The molecule has 1 aromatic heterocycles. The number of carbonyl (C=O) groups is 1. The van der Waals surface area contributed by atoms with Gasteiger partial charge >= 0.3 is 5.97 Å². The fourth-order valence-electron chi connectivity index (χ4n) is 2.23. The van der Waals surface area contributed by atoms with Crippen LogP contribution in [0, 0.1) is 0 Å². The SMILES string of the molecule is COCc1cc(N2CCCCC2C(=O)O)ncn1. The lowest BCUT2D eigenvalue weighted by molar-refractivity contribution is -0.139. The molecule has 2 rings (SSSR count). The highest BCUT2D eigenvalue weighted by molar-refractivity contribution is 5.77. The molecule has 1 aromatic rings. The van der Waals surface area contributed by atoms with Crippen LogP contribution in [0.4, 0.5) is 5.82 Å². The largest absolute Gasteiger partial charge is 0.480 e. The highest BCUT2D eigenvalue weighted by Crippen LogP contribution is 2.23. The van der Waals surface area contributed by atoms with E-state index in [2.05, 4.69) is 9.97 Å². The standard InChI is InChI=1S/C12H17N3O3/c1-18-7-9-6-11(14-8-13-9)15-5-3-2-4-10(15)12(16)17/h6,8,10H,2-5,7H2,1H3,(H,16,17). The minimum atomic E-state index is -0.790. The molecule has 6 heteroatoms. The molecule has 1 N–H and O–H groups in total. The van der Waals surface area contributed by atoms with Gasteiger partial charge < -0.3 is 14.7 Å². The van der Waals surface area contributed by atoms with Crippen molar-refractivity contribution in [3.63, 3.8) is 0 Å². The number of piperidine rings is 1. The number of anilines is 1. The van der Waals surface area contributed by atoms with Gasteiger partial charge in [-0.05, 0) is 19.3 Å². The molecule has 0 bridgehead atoms. The molecule has 0 radical (unpaired) electrons. The van der Waals surface area contributed by atoms with E-state index in [9.17, 15) is 9.90 Å². The van der Waals surface area contributed by atoms with Crippen molar-refractivity contribution in [1.29, 1.82) is 0 Å². The Labute approximate surface area is 106 Å². The van der Waals surface area contributed by atoms with Crippen LogP contribution in [0.5, 0.6) is 0 Å². The number of carboxylic acid groups (broad SMARTS) is 1. The van der Waals surface area contributed by atoms with Gasteiger partial charge in [-0.15, -0.1) is 0 Å². The molecule has 18 heavy (non-hydrogen) atoms. The third kappa shape index (κ3) is 2.76. The molecule has 1 unspecified atom stereocenters. The normalized spacial score (nSPS) is 19.8. The van der Waals surface area contributed by atoms with Crippen LogP contribution in [0.3, 0.4) is 0 Å². The van der Waals surface area contributed by atoms with Gasteiger partial charge in [0.25, 0.3) is 0 Å². The number of aromatic nitrogens is 2. The second-order valence-electron chi connectivity index (χ2n) is 4.34. The van der Waals surface area contributed by atoms with Crippen LogP contribution in [0.15, 0.2) is 12.4 Å². The molecule has 1 atom stereocenters. The Bertz CT molecular complexity index is 425. The molecule has 98 valence electrons. The number of rotatable bonds is 4. The predicted molar refractivity (Wildman–Crippen MR) is 65.4 cm³/mol. The predicted octanol–water partition coefficient (Wildman–Crippen LogP) is 1.07. The zero-order chi connectivity index (χ0) is 13.0. The van der Waals surface area contributed by atoms with E-state index in [-0.39, 0.29) is 0 Å². The number of nitrogens with zero attached hydrogens (tertiary/aromatic N) is 3. The number of hydrogen-bond acceptors (Lipinski definition) is 5. The highest BCUT2D eigenvalue weighted by Gasteiger charge is 2.29. The molecule has 2 heterocycles. The Hall–Kier alpha value is -1.69. The van der Waals surface area contributed by atoms with Crippen LogP contribution in [0.25, 0.3) is 0 Å². The van der Waals surface area contributed by atoms with Crippen LogP contribution in [-0.2, 0) is 16.1 Å². The van der Waals surface area contributed by atoms with E-state index in [1.54, 1.807) is 13.2 Å². The molecule has 0 spiro atoms. The smallest absolute Gasteiger partial charge is 0.326 e. The van der Waals surface area contributed by atoms with E-state index in [0.717, 1.165) is 25.1 Å². The van der Waals surface area contributed by atoms with Gasteiger partial charge in [-0.1, -0.05) is 0 Å². The molecule has 6 nitrogen and oxygen atoms in total. The molecular formula is C12H17N3O3.